The van der Waals surface area contributed by atoms with Crippen molar-refractivity contribution >= 4 is 17.5 Å². The van der Waals surface area contributed by atoms with Gasteiger partial charge in [-0.1, -0.05) is 19.1 Å². The number of nitrogens with one attached hydrogen (secondary N) is 1. The van der Waals surface area contributed by atoms with Crippen LogP contribution in [0.4, 0.5) is 5.69 Å². The number of benzene rings is 1. The quantitative estimate of drug-likeness (QED) is 0.913. The Hall–Kier alpha value is -1.84. The fourth-order valence-corrected chi connectivity index (χ4v) is 2.64. The van der Waals surface area contributed by atoms with Crippen LogP contribution in [0.2, 0.25) is 0 Å². The lowest BCUT2D eigenvalue weighted by Gasteiger charge is -2.16. The molecule has 0 aliphatic carbocycles. The van der Waals surface area contributed by atoms with Gasteiger partial charge in [0.2, 0.25) is 11.8 Å². The van der Waals surface area contributed by atoms with E-state index in [1.165, 1.54) is 0 Å². The summed E-state index contributed by atoms with van der Waals surface area (Å²) in [5.74, 6) is 0.127. The van der Waals surface area contributed by atoms with E-state index in [1.807, 2.05) is 39.0 Å². The topological polar surface area (TPSA) is 49.4 Å². The third kappa shape index (κ3) is 2.42. The van der Waals surface area contributed by atoms with Gasteiger partial charge in [0.25, 0.3) is 0 Å². The minimum absolute atomic E-state index is 0.0299. The van der Waals surface area contributed by atoms with Gasteiger partial charge in [-0.15, -0.1) is 0 Å². The zero-order valence-corrected chi connectivity index (χ0v) is 12.6. The van der Waals surface area contributed by atoms with Gasteiger partial charge in [-0.25, -0.2) is 0 Å². The molecule has 0 aromatic heterocycles. The first-order valence-electron chi connectivity index (χ1n) is 7.06. The maximum atomic E-state index is 12.2. The molecule has 0 bridgehead atoms. The van der Waals surface area contributed by atoms with E-state index < -0.39 is 5.41 Å². The van der Waals surface area contributed by atoms with Crippen molar-refractivity contribution in [1.29, 1.82) is 0 Å². The van der Waals surface area contributed by atoms with Gasteiger partial charge in [0, 0.05) is 19.3 Å². The molecule has 1 aliphatic heterocycles. The number of carbonyl (C=O) groups is 2. The molecule has 1 aliphatic rings. The van der Waals surface area contributed by atoms with Gasteiger partial charge in [-0.05, 0) is 37.5 Å². The van der Waals surface area contributed by atoms with E-state index in [-0.39, 0.29) is 11.8 Å². The summed E-state index contributed by atoms with van der Waals surface area (Å²) in [7, 11) is 1.80. The summed E-state index contributed by atoms with van der Waals surface area (Å²) in [6, 6.07) is 5.85. The Balaban J connectivity index is 2.23. The van der Waals surface area contributed by atoms with Crippen LogP contribution in [-0.2, 0) is 21.4 Å². The van der Waals surface area contributed by atoms with E-state index in [1.54, 1.807) is 11.9 Å². The van der Waals surface area contributed by atoms with Crippen molar-refractivity contribution in [3.8, 4) is 0 Å². The third-order valence-electron chi connectivity index (χ3n) is 3.87. The van der Waals surface area contributed by atoms with Crippen LogP contribution in [0.3, 0.4) is 0 Å². The van der Waals surface area contributed by atoms with Crippen LogP contribution in [0, 0.1) is 0 Å². The van der Waals surface area contributed by atoms with E-state index >= 15 is 0 Å². The zero-order valence-electron chi connectivity index (χ0n) is 12.6. The summed E-state index contributed by atoms with van der Waals surface area (Å²) in [6.07, 6.45) is 1.30. The average molecular weight is 274 g/mol. The highest BCUT2D eigenvalue weighted by Gasteiger charge is 2.42. The number of rotatable bonds is 4. The number of amides is 2. The van der Waals surface area contributed by atoms with Crippen molar-refractivity contribution < 1.29 is 9.59 Å². The molecule has 0 unspecified atom stereocenters. The highest BCUT2D eigenvalue weighted by Crippen LogP contribution is 2.41. The van der Waals surface area contributed by atoms with Gasteiger partial charge in [-0.2, -0.15) is 0 Å². The van der Waals surface area contributed by atoms with Gasteiger partial charge < -0.3 is 10.2 Å². The number of nitrogens with zero attached hydrogens (tertiary/aromatic N) is 1. The average Bonchev–Trinajstić information content (AvgIpc) is 2.58. The summed E-state index contributed by atoms with van der Waals surface area (Å²) >= 11 is 0. The number of fused-ring (bicyclic) bond motifs is 1. The molecule has 4 nitrogen and oxygen atoms in total. The summed E-state index contributed by atoms with van der Waals surface area (Å²) in [5, 5.41) is 2.87. The number of likely N-dealkylation sites (N-methyl/N-ethyl adjacent to an activating group) is 1. The molecule has 0 fully saturated rings. The van der Waals surface area contributed by atoms with Gasteiger partial charge in [0.15, 0.2) is 0 Å². The molecule has 4 heteroatoms. The Kier molecular flexibility index (Phi) is 3.84. The molecule has 0 atom stereocenters. The Morgan fingerprint density at radius 2 is 2.05 bits per heavy atom. The molecule has 108 valence electrons. The molecule has 1 N–H and O–H groups in total. The van der Waals surface area contributed by atoms with Crippen molar-refractivity contribution in [1.82, 2.24) is 5.32 Å². The SMILES string of the molecule is CCCNC(=O)Cc1ccc2c(c1)C(C)(C)C(=O)N2C. The molecule has 1 aromatic carbocycles. The Morgan fingerprint density at radius 3 is 2.70 bits per heavy atom. The molecule has 0 saturated carbocycles. The van der Waals surface area contributed by atoms with Crippen LogP contribution in [0.25, 0.3) is 0 Å². The molecule has 1 aromatic rings. The number of hydrogen-bond acceptors (Lipinski definition) is 2. The maximum absolute atomic E-state index is 12.2. The van der Waals surface area contributed by atoms with Crippen LogP contribution in [-0.4, -0.2) is 25.4 Å². The zero-order chi connectivity index (χ0) is 14.9. The highest BCUT2D eigenvalue weighted by molar-refractivity contribution is 6.07. The monoisotopic (exact) mass is 274 g/mol. The van der Waals surface area contributed by atoms with E-state index in [9.17, 15) is 9.59 Å². The number of carbonyl (C=O) groups excluding carboxylic acids is 2. The second kappa shape index (κ2) is 5.27. The van der Waals surface area contributed by atoms with Crippen LogP contribution in [0.1, 0.15) is 38.3 Å². The van der Waals surface area contributed by atoms with E-state index in [0.29, 0.717) is 13.0 Å². The second-order valence-corrected chi connectivity index (χ2v) is 5.87. The van der Waals surface area contributed by atoms with Gasteiger partial charge in [0.1, 0.15) is 0 Å². The minimum Gasteiger partial charge on any atom is -0.356 e. The predicted octanol–water partition coefficient (Wildman–Crippen LogP) is 2.01. The van der Waals surface area contributed by atoms with Crippen LogP contribution >= 0.6 is 0 Å². The largest absolute Gasteiger partial charge is 0.356 e. The predicted molar refractivity (Wildman–Crippen MR) is 79.9 cm³/mol. The lowest BCUT2D eigenvalue weighted by molar-refractivity contribution is -0.122. The fourth-order valence-electron chi connectivity index (χ4n) is 2.64. The van der Waals surface area contributed by atoms with E-state index in [2.05, 4.69) is 5.32 Å². The van der Waals surface area contributed by atoms with Crippen molar-refractivity contribution in [2.45, 2.75) is 39.0 Å². The molecule has 2 amide bonds. The van der Waals surface area contributed by atoms with E-state index in [4.69, 9.17) is 0 Å². The minimum atomic E-state index is -0.514. The van der Waals surface area contributed by atoms with Crippen molar-refractivity contribution in [2.24, 2.45) is 0 Å². The van der Waals surface area contributed by atoms with Gasteiger partial charge in [-0.3, -0.25) is 9.59 Å². The van der Waals surface area contributed by atoms with Crippen LogP contribution in [0.5, 0.6) is 0 Å². The molecule has 1 heterocycles. The Bertz CT molecular complexity index is 549. The summed E-state index contributed by atoms with van der Waals surface area (Å²) in [4.78, 5) is 25.7. The van der Waals surface area contributed by atoms with Crippen molar-refractivity contribution in [2.75, 3.05) is 18.5 Å². The third-order valence-corrected chi connectivity index (χ3v) is 3.87. The maximum Gasteiger partial charge on any atom is 0.236 e. The molecular weight excluding hydrogens is 252 g/mol. The standard InChI is InChI=1S/C16H22N2O2/c1-5-8-17-14(19)10-11-6-7-13-12(9-11)16(2,3)15(20)18(13)4/h6-7,9H,5,8,10H2,1-4H3,(H,17,19). The van der Waals surface area contributed by atoms with Gasteiger partial charge in [0.05, 0.1) is 11.8 Å². The van der Waals surface area contributed by atoms with Crippen molar-refractivity contribution in [3.05, 3.63) is 29.3 Å². The summed E-state index contributed by atoms with van der Waals surface area (Å²) in [6.45, 7) is 6.59. The lowest BCUT2D eigenvalue weighted by Crippen LogP contribution is -2.33. The Morgan fingerprint density at radius 1 is 1.35 bits per heavy atom. The van der Waals surface area contributed by atoms with Gasteiger partial charge >= 0.3 is 0 Å². The highest BCUT2D eigenvalue weighted by atomic mass is 16.2. The van der Waals surface area contributed by atoms with Crippen LogP contribution in [0.15, 0.2) is 18.2 Å². The van der Waals surface area contributed by atoms with Crippen molar-refractivity contribution in [3.63, 3.8) is 0 Å². The smallest absolute Gasteiger partial charge is 0.236 e. The Labute approximate surface area is 120 Å². The number of hydrogen-bond donors (Lipinski definition) is 1. The molecule has 0 saturated heterocycles. The molecular formula is C16H22N2O2. The fraction of sp³-hybridized carbons (Fsp3) is 0.500. The first-order chi connectivity index (χ1) is 9.37. The van der Waals surface area contributed by atoms with Crippen LogP contribution < -0.4 is 10.2 Å². The normalized spacial score (nSPS) is 16.2. The first kappa shape index (κ1) is 14.6. The molecule has 2 rings (SSSR count). The first-order valence-corrected chi connectivity index (χ1v) is 7.06. The number of anilines is 1. The second-order valence-electron chi connectivity index (χ2n) is 5.87. The summed E-state index contributed by atoms with van der Waals surface area (Å²) < 4.78 is 0. The molecule has 20 heavy (non-hydrogen) atoms. The molecule has 0 radical (unpaired) electrons. The van der Waals surface area contributed by atoms with E-state index in [0.717, 1.165) is 23.2 Å². The summed E-state index contributed by atoms with van der Waals surface area (Å²) in [5.41, 5.74) is 2.39. The lowest BCUT2D eigenvalue weighted by atomic mass is 9.85. The molecule has 0 spiro atoms.